The van der Waals surface area contributed by atoms with Crippen molar-refractivity contribution in [3.05, 3.63) is 82.7 Å². The molecule has 1 heterocycles. The maximum Gasteiger partial charge on any atom is 0.123 e. The molecule has 0 saturated carbocycles. The van der Waals surface area contributed by atoms with Crippen LogP contribution in [0.1, 0.15) is 28.6 Å². The molecule has 1 atom stereocenters. The van der Waals surface area contributed by atoms with Crippen LogP contribution in [0.5, 0.6) is 0 Å². The van der Waals surface area contributed by atoms with Crippen LogP contribution in [-0.2, 0) is 6.54 Å². The second kappa shape index (κ2) is 8.63. The second-order valence-electron chi connectivity index (χ2n) is 7.20. The molecule has 0 aliphatic heterocycles. The molecule has 0 aliphatic carbocycles. The van der Waals surface area contributed by atoms with Gasteiger partial charge in [0.1, 0.15) is 11.6 Å². The standard InChI is InChI=1S/C22H26F2N4/c1-15-21(16(2)28(26-15)20-11-9-19(24)10-12-20)13-25-14-22(27(3)4)17-5-7-18(23)8-6-17/h5-12,22,25H,13-14H2,1-4H3. The highest BCUT2D eigenvalue weighted by molar-refractivity contribution is 5.37. The minimum Gasteiger partial charge on any atom is -0.311 e. The Morgan fingerprint density at radius 2 is 1.54 bits per heavy atom. The molecule has 0 aliphatic rings. The van der Waals surface area contributed by atoms with Crippen molar-refractivity contribution in [1.82, 2.24) is 20.0 Å². The molecule has 0 spiro atoms. The van der Waals surface area contributed by atoms with E-state index in [1.165, 1.54) is 24.3 Å². The normalized spacial score (nSPS) is 12.5. The number of benzene rings is 2. The lowest BCUT2D eigenvalue weighted by Gasteiger charge is -2.25. The van der Waals surface area contributed by atoms with Crippen molar-refractivity contribution in [2.24, 2.45) is 0 Å². The Kier molecular flexibility index (Phi) is 6.21. The highest BCUT2D eigenvalue weighted by Crippen LogP contribution is 2.20. The Bertz CT molecular complexity index is 915. The maximum atomic E-state index is 13.2. The summed E-state index contributed by atoms with van der Waals surface area (Å²) in [5.74, 6) is -0.489. The average Bonchev–Trinajstić information content (AvgIpc) is 2.94. The zero-order valence-electron chi connectivity index (χ0n) is 16.7. The van der Waals surface area contributed by atoms with Gasteiger partial charge in [-0.2, -0.15) is 5.10 Å². The first kappa shape index (κ1) is 20.2. The molecule has 0 radical (unpaired) electrons. The monoisotopic (exact) mass is 384 g/mol. The fraction of sp³-hybridized carbons (Fsp3) is 0.318. The number of nitrogens with one attached hydrogen (secondary N) is 1. The Hall–Kier alpha value is -2.57. The summed E-state index contributed by atoms with van der Waals surface area (Å²) >= 11 is 0. The van der Waals surface area contributed by atoms with E-state index in [1.54, 1.807) is 12.1 Å². The van der Waals surface area contributed by atoms with Gasteiger partial charge in [0, 0.05) is 30.4 Å². The fourth-order valence-electron chi connectivity index (χ4n) is 3.38. The molecular formula is C22H26F2N4. The number of hydrogen-bond acceptors (Lipinski definition) is 3. The van der Waals surface area contributed by atoms with Crippen molar-refractivity contribution in [1.29, 1.82) is 0 Å². The van der Waals surface area contributed by atoms with Crippen molar-refractivity contribution in [3.8, 4) is 5.69 Å². The third-order valence-electron chi connectivity index (χ3n) is 5.03. The van der Waals surface area contributed by atoms with E-state index >= 15 is 0 Å². The first-order valence-electron chi connectivity index (χ1n) is 9.30. The van der Waals surface area contributed by atoms with E-state index in [9.17, 15) is 8.78 Å². The van der Waals surface area contributed by atoms with E-state index in [2.05, 4.69) is 15.3 Å². The van der Waals surface area contributed by atoms with Gasteiger partial charge >= 0.3 is 0 Å². The van der Waals surface area contributed by atoms with Crippen LogP contribution >= 0.6 is 0 Å². The predicted octanol–water partition coefficient (Wildman–Crippen LogP) is 4.16. The maximum absolute atomic E-state index is 13.2. The van der Waals surface area contributed by atoms with Crippen LogP contribution in [0.25, 0.3) is 5.69 Å². The summed E-state index contributed by atoms with van der Waals surface area (Å²) in [5.41, 5.74) is 5.00. The van der Waals surface area contributed by atoms with Crippen LogP contribution in [0.15, 0.2) is 48.5 Å². The number of hydrogen-bond donors (Lipinski definition) is 1. The average molecular weight is 384 g/mol. The van der Waals surface area contributed by atoms with Gasteiger partial charge in [-0.15, -0.1) is 0 Å². The highest BCUT2D eigenvalue weighted by Gasteiger charge is 2.16. The third kappa shape index (κ3) is 4.46. The van der Waals surface area contributed by atoms with Crippen molar-refractivity contribution < 1.29 is 8.78 Å². The highest BCUT2D eigenvalue weighted by atomic mass is 19.1. The van der Waals surface area contributed by atoms with Crippen LogP contribution in [0.4, 0.5) is 8.78 Å². The molecule has 0 amide bonds. The van der Waals surface area contributed by atoms with Crippen molar-refractivity contribution >= 4 is 0 Å². The zero-order valence-corrected chi connectivity index (χ0v) is 16.7. The SMILES string of the molecule is Cc1nn(-c2ccc(F)cc2)c(C)c1CNCC(c1ccc(F)cc1)N(C)C. The summed E-state index contributed by atoms with van der Waals surface area (Å²) in [6.07, 6.45) is 0. The van der Waals surface area contributed by atoms with E-state index in [0.717, 1.165) is 34.7 Å². The summed E-state index contributed by atoms with van der Waals surface area (Å²) in [6, 6.07) is 13.1. The molecule has 3 aromatic rings. The first-order valence-corrected chi connectivity index (χ1v) is 9.30. The number of halogens is 2. The van der Waals surface area contributed by atoms with Crippen LogP contribution < -0.4 is 5.32 Å². The molecule has 6 heteroatoms. The Labute approximate surface area is 164 Å². The zero-order chi connectivity index (χ0) is 20.3. The van der Waals surface area contributed by atoms with Gasteiger partial charge in [-0.05, 0) is 69.9 Å². The van der Waals surface area contributed by atoms with E-state index in [1.807, 2.05) is 44.8 Å². The molecule has 1 N–H and O–H groups in total. The van der Waals surface area contributed by atoms with Gasteiger partial charge in [-0.1, -0.05) is 12.1 Å². The van der Waals surface area contributed by atoms with E-state index < -0.39 is 0 Å². The molecule has 0 bridgehead atoms. The summed E-state index contributed by atoms with van der Waals surface area (Å²) in [5, 5.41) is 8.12. The molecule has 148 valence electrons. The minimum atomic E-state index is -0.261. The van der Waals surface area contributed by atoms with Gasteiger partial charge in [0.05, 0.1) is 11.4 Å². The van der Waals surface area contributed by atoms with Gasteiger partial charge in [0.15, 0.2) is 0 Å². The summed E-state index contributed by atoms with van der Waals surface area (Å²) in [6.45, 7) is 5.39. The number of aryl methyl sites for hydroxylation is 1. The molecule has 0 saturated heterocycles. The molecule has 3 rings (SSSR count). The van der Waals surface area contributed by atoms with E-state index in [4.69, 9.17) is 0 Å². The molecule has 28 heavy (non-hydrogen) atoms. The first-order chi connectivity index (χ1) is 13.4. The van der Waals surface area contributed by atoms with Crippen molar-refractivity contribution in [3.63, 3.8) is 0 Å². The van der Waals surface area contributed by atoms with Gasteiger partial charge in [-0.25, -0.2) is 13.5 Å². The van der Waals surface area contributed by atoms with Crippen molar-refractivity contribution in [2.45, 2.75) is 26.4 Å². The molecule has 1 unspecified atom stereocenters. The lowest BCUT2D eigenvalue weighted by atomic mass is 10.1. The number of rotatable bonds is 7. The molecule has 0 fully saturated rings. The Morgan fingerprint density at radius 1 is 0.964 bits per heavy atom. The van der Waals surface area contributed by atoms with Gasteiger partial charge in [-0.3, -0.25) is 0 Å². The molecule has 4 nitrogen and oxygen atoms in total. The van der Waals surface area contributed by atoms with E-state index in [-0.39, 0.29) is 17.7 Å². The lowest BCUT2D eigenvalue weighted by Crippen LogP contribution is -2.31. The van der Waals surface area contributed by atoms with Gasteiger partial charge in [0.2, 0.25) is 0 Å². The van der Waals surface area contributed by atoms with E-state index in [0.29, 0.717) is 6.54 Å². The van der Waals surface area contributed by atoms with Crippen LogP contribution in [0.3, 0.4) is 0 Å². The predicted molar refractivity (Wildman–Crippen MR) is 108 cm³/mol. The number of nitrogens with zero attached hydrogens (tertiary/aromatic N) is 3. The smallest absolute Gasteiger partial charge is 0.123 e. The lowest BCUT2D eigenvalue weighted by molar-refractivity contribution is 0.288. The van der Waals surface area contributed by atoms with Crippen LogP contribution in [0, 0.1) is 25.5 Å². The van der Waals surface area contributed by atoms with Gasteiger partial charge in [0.25, 0.3) is 0 Å². The third-order valence-corrected chi connectivity index (χ3v) is 5.03. The molecule has 1 aromatic heterocycles. The second-order valence-corrected chi connectivity index (χ2v) is 7.20. The minimum absolute atomic E-state index is 0.133. The summed E-state index contributed by atoms with van der Waals surface area (Å²) in [4.78, 5) is 2.11. The topological polar surface area (TPSA) is 33.1 Å². The Balaban J connectivity index is 1.71. The van der Waals surface area contributed by atoms with Crippen molar-refractivity contribution in [2.75, 3.05) is 20.6 Å². The quantitative estimate of drug-likeness (QED) is 0.664. The fourth-order valence-corrected chi connectivity index (χ4v) is 3.38. The number of likely N-dealkylation sites (N-methyl/N-ethyl adjacent to an activating group) is 1. The molecular weight excluding hydrogens is 358 g/mol. The Morgan fingerprint density at radius 3 is 2.11 bits per heavy atom. The van der Waals surface area contributed by atoms with Gasteiger partial charge < -0.3 is 10.2 Å². The van der Waals surface area contributed by atoms with Crippen LogP contribution in [0.2, 0.25) is 0 Å². The van der Waals surface area contributed by atoms with Crippen LogP contribution in [-0.4, -0.2) is 35.3 Å². The molecule has 2 aromatic carbocycles. The summed E-state index contributed by atoms with van der Waals surface area (Å²) < 4.78 is 28.3. The largest absolute Gasteiger partial charge is 0.311 e. The summed E-state index contributed by atoms with van der Waals surface area (Å²) in [7, 11) is 4.03. The number of aromatic nitrogens is 2.